The molecule has 0 fully saturated rings. The minimum absolute atomic E-state index is 0. The second-order valence-corrected chi connectivity index (χ2v) is 3.37. The van der Waals surface area contributed by atoms with Crippen molar-refractivity contribution in [2.45, 2.75) is 12.8 Å². The average Bonchev–Trinajstić information content (AvgIpc) is 2.27. The van der Waals surface area contributed by atoms with Crippen molar-refractivity contribution in [3.05, 3.63) is 35.4 Å². The Bertz CT molecular complexity index is 374. The number of aryl methyl sites for hydroxylation is 1. The molecule has 3 nitrogen and oxygen atoms in total. The van der Waals surface area contributed by atoms with Crippen molar-refractivity contribution in [1.82, 2.24) is 5.32 Å². The zero-order valence-electron chi connectivity index (χ0n) is 9.21. The highest BCUT2D eigenvalue weighted by Gasteiger charge is 2.06. The summed E-state index contributed by atoms with van der Waals surface area (Å²) in [5.74, 6) is -1.21. The minimum atomic E-state index is -0.501. The molecule has 3 N–H and O–H groups in total. The molecule has 0 heterocycles. The van der Waals surface area contributed by atoms with Gasteiger partial charge in [-0.1, -0.05) is 0 Å². The second-order valence-electron chi connectivity index (χ2n) is 3.37. The Kier molecular flexibility index (Phi) is 7.41. The lowest BCUT2D eigenvalue weighted by Crippen LogP contribution is -2.29. The summed E-state index contributed by atoms with van der Waals surface area (Å²) in [5.41, 5.74) is 5.41. The van der Waals surface area contributed by atoms with Gasteiger partial charge in [-0.05, 0) is 30.2 Å². The van der Waals surface area contributed by atoms with Crippen LogP contribution >= 0.6 is 12.4 Å². The van der Waals surface area contributed by atoms with Gasteiger partial charge in [0, 0.05) is 19.5 Å². The number of nitrogens with two attached hydrogens (primary N) is 1. The molecule has 1 rings (SSSR count). The van der Waals surface area contributed by atoms with Gasteiger partial charge in [0.15, 0.2) is 0 Å². The molecule has 0 aliphatic heterocycles. The molecule has 96 valence electrons. The quantitative estimate of drug-likeness (QED) is 0.845. The molecular weight excluding hydrogens is 250 g/mol. The Morgan fingerprint density at radius 2 is 2.06 bits per heavy atom. The number of carbonyl (C=O) groups is 1. The van der Waals surface area contributed by atoms with Crippen molar-refractivity contribution in [3.63, 3.8) is 0 Å². The van der Waals surface area contributed by atoms with E-state index in [-0.39, 0.29) is 36.7 Å². The molecule has 1 aromatic carbocycles. The molecule has 0 saturated carbocycles. The number of rotatable bonds is 5. The van der Waals surface area contributed by atoms with Crippen molar-refractivity contribution in [2.75, 3.05) is 13.1 Å². The topological polar surface area (TPSA) is 55.1 Å². The molecule has 0 aliphatic rings. The molecule has 0 aliphatic carbocycles. The van der Waals surface area contributed by atoms with E-state index < -0.39 is 11.6 Å². The molecule has 0 radical (unpaired) electrons. The number of carbonyl (C=O) groups excluding carboxylic acids is 1. The maximum atomic E-state index is 13.2. The zero-order valence-corrected chi connectivity index (χ0v) is 10.0. The first-order valence-corrected chi connectivity index (χ1v) is 5.04. The number of halogens is 3. The number of nitrogens with one attached hydrogen (secondary N) is 1. The molecule has 0 unspecified atom stereocenters. The smallest absolute Gasteiger partial charge is 0.220 e. The monoisotopic (exact) mass is 264 g/mol. The van der Waals surface area contributed by atoms with Gasteiger partial charge in [-0.2, -0.15) is 0 Å². The van der Waals surface area contributed by atoms with Crippen LogP contribution in [0.3, 0.4) is 0 Å². The van der Waals surface area contributed by atoms with Crippen LogP contribution in [0.5, 0.6) is 0 Å². The summed E-state index contributed by atoms with van der Waals surface area (Å²) in [5, 5.41) is 2.56. The normalized spacial score (nSPS) is 9.59. The summed E-state index contributed by atoms with van der Waals surface area (Å²) < 4.78 is 25.9. The Morgan fingerprint density at radius 1 is 1.35 bits per heavy atom. The summed E-state index contributed by atoms with van der Waals surface area (Å²) in [6, 6.07) is 3.21. The van der Waals surface area contributed by atoms with Gasteiger partial charge in [-0.3, -0.25) is 4.79 Å². The fraction of sp³-hybridized carbons (Fsp3) is 0.364. The van der Waals surface area contributed by atoms with E-state index in [1.807, 2.05) is 0 Å². The van der Waals surface area contributed by atoms with Crippen LogP contribution in [0.25, 0.3) is 0 Å². The molecule has 6 heteroatoms. The third-order valence-electron chi connectivity index (χ3n) is 2.10. The van der Waals surface area contributed by atoms with Crippen molar-refractivity contribution in [3.8, 4) is 0 Å². The third-order valence-corrected chi connectivity index (χ3v) is 2.10. The van der Waals surface area contributed by atoms with Crippen LogP contribution in [0.1, 0.15) is 12.0 Å². The van der Waals surface area contributed by atoms with Crippen LogP contribution in [-0.4, -0.2) is 19.0 Å². The van der Waals surface area contributed by atoms with Crippen LogP contribution in [0.4, 0.5) is 8.78 Å². The predicted molar refractivity (Wildman–Crippen MR) is 64.0 cm³/mol. The van der Waals surface area contributed by atoms with Crippen molar-refractivity contribution >= 4 is 18.3 Å². The largest absolute Gasteiger partial charge is 0.355 e. The summed E-state index contributed by atoms with van der Waals surface area (Å²) in [6.45, 7) is 0.754. The standard InChI is InChI=1S/C11H14F2N2O.ClH/c12-9-2-3-10(13)8(7-9)1-4-11(16)15-6-5-14;/h2-3,7H,1,4-6,14H2,(H,15,16);1H. The fourth-order valence-electron chi connectivity index (χ4n) is 1.28. The molecule has 17 heavy (non-hydrogen) atoms. The number of benzene rings is 1. The van der Waals surface area contributed by atoms with E-state index in [4.69, 9.17) is 5.73 Å². The highest BCUT2D eigenvalue weighted by atomic mass is 35.5. The maximum absolute atomic E-state index is 13.2. The van der Waals surface area contributed by atoms with Gasteiger partial charge in [0.25, 0.3) is 0 Å². The molecule has 0 aromatic heterocycles. The SMILES string of the molecule is Cl.NCCNC(=O)CCc1cc(F)ccc1F. The van der Waals surface area contributed by atoms with Gasteiger partial charge in [-0.25, -0.2) is 8.78 Å². The average molecular weight is 265 g/mol. The van der Waals surface area contributed by atoms with E-state index in [1.165, 1.54) is 0 Å². The number of hydrogen-bond acceptors (Lipinski definition) is 2. The predicted octanol–water partition coefficient (Wildman–Crippen LogP) is 1.39. The highest BCUT2D eigenvalue weighted by molar-refractivity contribution is 5.85. The lowest BCUT2D eigenvalue weighted by Gasteiger charge is -2.04. The molecular formula is C11H15ClF2N2O. The van der Waals surface area contributed by atoms with Crippen molar-refractivity contribution < 1.29 is 13.6 Å². The highest BCUT2D eigenvalue weighted by Crippen LogP contribution is 2.11. The van der Waals surface area contributed by atoms with Gasteiger partial charge >= 0.3 is 0 Å². The van der Waals surface area contributed by atoms with Crippen molar-refractivity contribution in [1.29, 1.82) is 0 Å². The Balaban J connectivity index is 0.00000256. The van der Waals surface area contributed by atoms with Gasteiger partial charge in [-0.15, -0.1) is 12.4 Å². The van der Waals surface area contributed by atoms with E-state index in [0.29, 0.717) is 13.1 Å². The molecule has 1 amide bonds. The van der Waals surface area contributed by atoms with E-state index in [1.54, 1.807) is 0 Å². The fourth-order valence-corrected chi connectivity index (χ4v) is 1.28. The Labute approximate surface area is 105 Å². The summed E-state index contributed by atoms with van der Waals surface area (Å²) in [7, 11) is 0. The van der Waals surface area contributed by atoms with Crippen molar-refractivity contribution in [2.24, 2.45) is 5.73 Å². The lowest BCUT2D eigenvalue weighted by atomic mass is 10.1. The van der Waals surface area contributed by atoms with Crippen LogP contribution in [0.15, 0.2) is 18.2 Å². The molecule has 1 aromatic rings. The lowest BCUT2D eigenvalue weighted by molar-refractivity contribution is -0.121. The van der Waals surface area contributed by atoms with Crippen LogP contribution in [0.2, 0.25) is 0 Å². The van der Waals surface area contributed by atoms with Gasteiger partial charge < -0.3 is 11.1 Å². The van der Waals surface area contributed by atoms with Crippen LogP contribution < -0.4 is 11.1 Å². The number of hydrogen-bond donors (Lipinski definition) is 2. The van der Waals surface area contributed by atoms with Crippen LogP contribution in [-0.2, 0) is 11.2 Å². The van der Waals surface area contributed by atoms with Gasteiger partial charge in [0.1, 0.15) is 11.6 Å². The third kappa shape index (κ3) is 5.60. The first-order valence-electron chi connectivity index (χ1n) is 5.04. The first kappa shape index (κ1) is 15.8. The summed E-state index contributed by atoms with van der Waals surface area (Å²) in [6.07, 6.45) is 0.306. The molecule has 0 bridgehead atoms. The second kappa shape index (κ2) is 7.97. The minimum Gasteiger partial charge on any atom is -0.355 e. The van der Waals surface area contributed by atoms with Gasteiger partial charge in [0.05, 0.1) is 0 Å². The van der Waals surface area contributed by atoms with Crippen LogP contribution in [0, 0.1) is 11.6 Å². The van der Waals surface area contributed by atoms with E-state index >= 15 is 0 Å². The van der Waals surface area contributed by atoms with E-state index in [9.17, 15) is 13.6 Å². The van der Waals surface area contributed by atoms with E-state index in [2.05, 4.69) is 5.32 Å². The summed E-state index contributed by atoms with van der Waals surface area (Å²) >= 11 is 0. The Hall–Kier alpha value is -1.20. The van der Waals surface area contributed by atoms with E-state index in [0.717, 1.165) is 18.2 Å². The van der Waals surface area contributed by atoms with Gasteiger partial charge in [0.2, 0.25) is 5.91 Å². The molecule has 0 spiro atoms. The zero-order chi connectivity index (χ0) is 12.0. The molecule has 0 atom stereocenters. The summed E-state index contributed by atoms with van der Waals surface area (Å²) in [4.78, 5) is 11.2. The maximum Gasteiger partial charge on any atom is 0.220 e. The first-order chi connectivity index (χ1) is 7.63. The number of amides is 1. The Morgan fingerprint density at radius 3 is 2.71 bits per heavy atom. The molecule has 0 saturated heterocycles.